The van der Waals surface area contributed by atoms with Crippen molar-refractivity contribution in [2.24, 2.45) is 5.41 Å². The van der Waals surface area contributed by atoms with Gasteiger partial charge in [-0.05, 0) is 33.6 Å². The van der Waals surface area contributed by atoms with Crippen LogP contribution in [0.5, 0.6) is 0 Å². The molecule has 94 valence electrons. The van der Waals surface area contributed by atoms with E-state index in [1.54, 1.807) is 20.8 Å². The molecule has 0 saturated heterocycles. The number of aliphatic carboxylic acids is 1. The summed E-state index contributed by atoms with van der Waals surface area (Å²) in [6.45, 7) is 5.64. The second-order valence-corrected chi connectivity index (χ2v) is 4.85. The molecule has 1 rings (SSSR count). The minimum atomic E-state index is -0.813. The van der Waals surface area contributed by atoms with E-state index in [1.165, 1.54) is 17.0 Å². The lowest BCUT2D eigenvalue weighted by Crippen LogP contribution is -2.25. The first kappa shape index (κ1) is 13.4. The second-order valence-electron chi connectivity index (χ2n) is 4.85. The first-order chi connectivity index (χ1) is 7.83. The van der Waals surface area contributed by atoms with Gasteiger partial charge in [0.2, 0.25) is 0 Å². The predicted octanol–water partition coefficient (Wildman–Crippen LogP) is 1.44. The van der Waals surface area contributed by atoms with Crippen LogP contribution in [0.25, 0.3) is 0 Å². The van der Waals surface area contributed by atoms with Gasteiger partial charge in [0.1, 0.15) is 0 Å². The maximum Gasteiger partial charge on any atom is 0.309 e. The lowest BCUT2D eigenvalue weighted by atomic mass is 9.88. The van der Waals surface area contributed by atoms with Crippen LogP contribution in [0.1, 0.15) is 32.4 Å². The van der Waals surface area contributed by atoms with Gasteiger partial charge in [0.25, 0.3) is 5.56 Å². The van der Waals surface area contributed by atoms with Crippen molar-refractivity contribution in [1.82, 2.24) is 9.55 Å². The Bertz CT molecular complexity index is 463. The summed E-state index contributed by atoms with van der Waals surface area (Å²) in [5.41, 5.74) is -0.149. The topological polar surface area (TPSA) is 72.2 Å². The van der Waals surface area contributed by atoms with E-state index in [-0.39, 0.29) is 5.56 Å². The van der Waals surface area contributed by atoms with E-state index < -0.39 is 11.4 Å². The van der Waals surface area contributed by atoms with E-state index in [4.69, 9.17) is 5.11 Å². The van der Waals surface area contributed by atoms with E-state index in [0.717, 1.165) is 0 Å². The minimum Gasteiger partial charge on any atom is -0.481 e. The second kappa shape index (κ2) is 5.12. The first-order valence-corrected chi connectivity index (χ1v) is 5.59. The van der Waals surface area contributed by atoms with E-state index in [2.05, 4.69) is 4.98 Å². The number of nitrogens with zero attached hydrogens (tertiary/aromatic N) is 2. The van der Waals surface area contributed by atoms with Crippen molar-refractivity contribution in [3.05, 3.63) is 28.4 Å². The van der Waals surface area contributed by atoms with Gasteiger partial charge in [-0.15, -0.1) is 0 Å². The number of aromatic nitrogens is 2. The molecular formula is C12H18N2O3. The van der Waals surface area contributed by atoms with Crippen molar-refractivity contribution in [3.63, 3.8) is 0 Å². The Morgan fingerprint density at radius 3 is 2.71 bits per heavy atom. The van der Waals surface area contributed by atoms with Crippen LogP contribution < -0.4 is 5.56 Å². The highest BCUT2D eigenvalue weighted by atomic mass is 16.4. The van der Waals surface area contributed by atoms with Crippen LogP contribution in [0, 0.1) is 12.3 Å². The Balaban J connectivity index is 2.58. The number of hydrogen-bond acceptors (Lipinski definition) is 3. The van der Waals surface area contributed by atoms with Gasteiger partial charge in [-0.3, -0.25) is 14.2 Å². The monoisotopic (exact) mass is 238 g/mol. The molecule has 1 aromatic rings. The summed E-state index contributed by atoms with van der Waals surface area (Å²) in [6, 6.07) is 1.47. The van der Waals surface area contributed by atoms with E-state index in [1.807, 2.05) is 0 Å². The third kappa shape index (κ3) is 3.69. The molecule has 5 nitrogen and oxygen atoms in total. The molecule has 5 heteroatoms. The molecule has 0 aliphatic heterocycles. The van der Waals surface area contributed by atoms with Crippen molar-refractivity contribution < 1.29 is 9.90 Å². The van der Waals surface area contributed by atoms with Gasteiger partial charge >= 0.3 is 5.97 Å². The van der Waals surface area contributed by atoms with Gasteiger partial charge in [0.15, 0.2) is 0 Å². The number of carboxylic acids is 1. The molecule has 0 amide bonds. The zero-order valence-electron chi connectivity index (χ0n) is 10.4. The molecule has 0 radical (unpaired) electrons. The number of carbonyl (C=O) groups is 1. The molecule has 17 heavy (non-hydrogen) atoms. The maximum absolute atomic E-state index is 11.5. The summed E-state index contributed by atoms with van der Waals surface area (Å²) in [5.74, 6) is -0.813. The van der Waals surface area contributed by atoms with E-state index in [9.17, 15) is 9.59 Å². The molecule has 0 bridgehead atoms. The number of aryl methyl sites for hydroxylation is 2. The fourth-order valence-electron chi connectivity index (χ4n) is 1.48. The number of carboxylic acid groups (broad SMARTS) is 1. The molecule has 1 heterocycles. The standard InChI is InChI=1S/C12H18N2O3/c1-9-7-10(15)14(8-13-9)6-4-5-12(2,3)11(16)17/h7-8H,4-6H2,1-3H3,(H,16,17). The highest BCUT2D eigenvalue weighted by Crippen LogP contribution is 2.22. The highest BCUT2D eigenvalue weighted by Gasteiger charge is 2.26. The van der Waals surface area contributed by atoms with Crippen LogP contribution in [0.4, 0.5) is 0 Å². The number of hydrogen-bond donors (Lipinski definition) is 1. The fraction of sp³-hybridized carbons (Fsp3) is 0.583. The summed E-state index contributed by atoms with van der Waals surface area (Å²) in [6.07, 6.45) is 2.68. The van der Waals surface area contributed by atoms with Crippen molar-refractivity contribution in [2.75, 3.05) is 0 Å². The molecule has 0 aliphatic carbocycles. The quantitative estimate of drug-likeness (QED) is 0.842. The van der Waals surface area contributed by atoms with Gasteiger partial charge in [-0.2, -0.15) is 0 Å². The van der Waals surface area contributed by atoms with Crippen LogP contribution >= 0.6 is 0 Å². The molecule has 0 aliphatic rings. The zero-order valence-corrected chi connectivity index (χ0v) is 10.4. The molecular weight excluding hydrogens is 220 g/mol. The summed E-state index contributed by atoms with van der Waals surface area (Å²) in [5, 5.41) is 8.95. The van der Waals surface area contributed by atoms with Gasteiger partial charge in [-0.25, -0.2) is 4.98 Å². The van der Waals surface area contributed by atoms with E-state index >= 15 is 0 Å². The maximum atomic E-state index is 11.5. The largest absolute Gasteiger partial charge is 0.481 e. The Kier molecular flexibility index (Phi) is 4.04. The van der Waals surface area contributed by atoms with Gasteiger partial charge in [-0.1, -0.05) is 0 Å². The summed E-state index contributed by atoms with van der Waals surface area (Å²) < 4.78 is 1.50. The molecule has 0 unspecified atom stereocenters. The van der Waals surface area contributed by atoms with Crippen molar-refractivity contribution in [3.8, 4) is 0 Å². The molecule has 0 spiro atoms. The van der Waals surface area contributed by atoms with Crippen LogP contribution in [0.2, 0.25) is 0 Å². The van der Waals surface area contributed by atoms with Crippen molar-refractivity contribution in [2.45, 2.75) is 40.2 Å². The summed E-state index contributed by atoms with van der Waals surface area (Å²) in [4.78, 5) is 26.5. The first-order valence-electron chi connectivity index (χ1n) is 5.59. The van der Waals surface area contributed by atoms with Gasteiger partial charge < -0.3 is 5.11 Å². The Hall–Kier alpha value is -1.65. The van der Waals surface area contributed by atoms with Crippen LogP contribution in [0.3, 0.4) is 0 Å². The lowest BCUT2D eigenvalue weighted by Gasteiger charge is -2.18. The Morgan fingerprint density at radius 1 is 1.53 bits per heavy atom. The molecule has 1 aromatic heterocycles. The molecule has 0 saturated carbocycles. The average molecular weight is 238 g/mol. The predicted molar refractivity (Wildman–Crippen MR) is 63.9 cm³/mol. The van der Waals surface area contributed by atoms with E-state index in [0.29, 0.717) is 25.1 Å². The van der Waals surface area contributed by atoms with Crippen molar-refractivity contribution in [1.29, 1.82) is 0 Å². The Morgan fingerprint density at radius 2 is 2.18 bits per heavy atom. The molecule has 0 atom stereocenters. The zero-order chi connectivity index (χ0) is 13.1. The average Bonchev–Trinajstić information content (AvgIpc) is 2.21. The van der Waals surface area contributed by atoms with Gasteiger partial charge in [0, 0.05) is 18.3 Å². The summed E-state index contributed by atoms with van der Waals surface area (Å²) >= 11 is 0. The molecule has 0 aromatic carbocycles. The fourth-order valence-corrected chi connectivity index (χ4v) is 1.48. The smallest absolute Gasteiger partial charge is 0.309 e. The number of rotatable bonds is 5. The summed E-state index contributed by atoms with van der Waals surface area (Å²) in [7, 11) is 0. The van der Waals surface area contributed by atoms with Crippen molar-refractivity contribution >= 4 is 5.97 Å². The third-order valence-electron chi connectivity index (χ3n) is 2.80. The minimum absolute atomic E-state index is 0.0920. The lowest BCUT2D eigenvalue weighted by molar-refractivity contribution is -0.147. The highest BCUT2D eigenvalue weighted by molar-refractivity contribution is 5.73. The normalized spacial score (nSPS) is 11.5. The molecule has 1 N–H and O–H groups in total. The van der Waals surface area contributed by atoms with Crippen LogP contribution in [0.15, 0.2) is 17.2 Å². The SMILES string of the molecule is Cc1cc(=O)n(CCCC(C)(C)C(=O)O)cn1. The van der Waals surface area contributed by atoms with Crippen LogP contribution in [-0.2, 0) is 11.3 Å². The third-order valence-corrected chi connectivity index (χ3v) is 2.80. The molecule has 0 fully saturated rings. The van der Waals surface area contributed by atoms with Gasteiger partial charge in [0.05, 0.1) is 11.7 Å². The Labute approximate surface area is 100 Å². The van der Waals surface area contributed by atoms with Crippen LogP contribution in [-0.4, -0.2) is 20.6 Å².